The molecule has 2 aromatic carbocycles. The molecule has 0 bridgehead atoms. The Morgan fingerprint density at radius 3 is 2.44 bits per heavy atom. The number of phenolic OH excluding ortho intramolecular Hbond substituents is 1. The highest BCUT2D eigenvalue weighted by Crippen LogP contribution is 2.34. The van der Waals surface area contributed by atoms with Crippen molar-refractivity contribution < 1.29 is 23.1 Å². The van der Waals surface area contributed by atoms with Crippen LogP contribution in [0.1, 0.15) is 17.5 Å². The summed E-state index contributed by atoms with van der Waals surface area (Å²) < 4.78 is 39.0. The number of carbonyl (C=O) groups excluding carboxylic acids is 1. The Labute approximate surface area is 154 Å². The van der Waals surface area contributed by atoms with Gasteiger partial charge in [-0.2, -0.15) is 13.2 Å². The second-order valence-corrected chi connectivity index (χ2v) is 6.35. The van der Waals surface area contributed by atoms with Crippen molar-refractivity contribution in [3.05, 3.63) is 65.7 Å². The largest absolute Gasteiger partial charge is 0.508 e. The molecule has 27 heavy (non-hydrogen) atoms. The van der Waals surface area contributed by atoms with Crippen molar-refractivity contribution in [3.8, 4) is 5.75 Å². The van der Waals surface area contributed by atoms with E-state index >= 15 is 0 Å². The third kappa shape index (κ3) is 4.89. The molecule has 142 valence electrons. The standard InChI is InChI=1S/C20H19F3N2O2/c21-20(22,23)17-3-1-2-4-18(17)24-19(27)13-25-11-9-15(10-12-25)14-5-7-16(26)8-6-14/h1-9,26H,10-13H2,(H,24,27). The summed E-state index contributed by atoms with van der Waals surface area (Å²) in [7, 11) is 0. The lowest BCUT2D eigenvalue weighted by atomic mass is 9.99. The molecule has 1 aliphatic rings. The van der Waals surface area contributed by atoms with E-state index in [1.165, 1.54) is 18.2 Å². The van der Waals surface area contributed by atoms with Crippen LogP contribution in [0.4, 0.5) is 18.9 Å². The Kier molecular flexibility index (Phi) is 5.51. The molecule has 0 spiro atoms. The Balaban J connectivity index is 1.60. The predicted octanol–water partition coefficient (Wildman–Crippen LogP) is 4.14. The lowest BCUT2D eigenvalue weighted by Gasteiger charge is -2.26. The fourth-order valence-electron chi connectivity index (χ4n) is 3.02. The number of benzene rings is 2. The third-order valence-corrected chi connectivity index (χ3v) is 4.41. The number of para-hydroxylation sites is 1. The van der Waals surface area contributed by atoms with Crippen molar-refractivity contribution in [1.82, 2.24) is 4.90 Å². The van der Waals surface area contributed by atoms with E-state index in [2.05, 4.69) is 5.32 Å². The summed E-state index contributed by atoms with van der Waals surface area (Å²) in [6.07, 6.45) is -1.80. The van der Waals surface area contributed by atoms with Crippen LogP contribution in [-0.2, 0) is 11.0 Å². The van der Waals surface area contributed by atoms with Gasteiger partial charge in [-0.1, -0.05) is 30.3 Å². The summed E-state index contributed by atoms with van der Waals surface area (Å²) in [4.78, 5) is 14.1. The van der Waals surface area contributed by atoms with E-state index in [-0.39, 0.29) is 18.0 Å². The first-order valence-electron chi connectivity index (χ1n) is 8.50. The van der Waals surface area contributed by atoms with E-state index in [0.717, 1.165) is 23.6 Å². The van der Waals surface area contributed by atoms with E-state index in [1.807, 2.05) is 23.1 Å². The molecule has 0 unspecified atom stereocenters. The first kappa shape index (κ1) is 19.0. The number of hydrogen-bond acceptors (Lipinski definition) is 3. The summed E-state index contributed by atoms with van der Waals surface area (Å²) >= 11 is 0. The number of alkyl halides is 3. The summed E-state index contributed by atoms with van der Waals surface area (Å²) in [6.45, 7) is 1.18. The van der Waals surface area contributed by atoms with Crippen LogP contribution in [0.15, 0.2) is 54.6 Å². The quantitative estimate of drug-likeness (QED) is 0.843. The zero-order valence-corrected chi connectivity index (χ0v) is 14.5. The molecule has 0 radical (unpaired) electrons. The minimum atomic E-state index is -4.52. The number of aromatic hydroxyl groups is 1. The molecule has 0 aliphatic carbocycles. The third-order valence-electron chi connectivity index (χ3n) is 4.41. The number of nitrogens with one attached hydrogen (secondary N) is 1. The van der Waals surface area contributed by atoms with E-state index in [0.29, 0.717) is 13.1 Å². The van der Waals surface area contributed by atoms with Crippen LogP contribution in [0.5, 0.6) is 5.75 Å². The summed E-state index contributed by atoms with van der Waals surface area (Å²) in [6, 6.07) is 11.8. The SMILES string of the molecule is O=C(CN1CC=C(c2ccc(O)cc2)CC1)Nc1ccccc1C(F)(F)F. The second kappa shape index (κ2) is 7.84. The number of amides is 1. The van der Waals surface area contributed by atoms with E-state index in [4.69, 9.17) is 0 Å². The van der Waals surface area contributed by atoms with Gasteiger partial charge in [-0.05, 0) is 41.8 Å². The number of rotatable bonds is 4. The predicted molar refractivity (Wildman–Crippen MR) is 97.2 cm³/mol. The number of phenols is 1. The van der Waals surface area contributed by atoms with Gasteiger partial charge in [-0.3, -0.25) is 9.69 Å². The first-order chi connectivity index (χ1) is 12.8. The van der Waals surface area contributed by atoms with Crippen molar-refractivity contribution in [2.24, 2.45) is 0 Å². The fraction of sp³-hybridized carbons (Fsp3) is 0.250. The van der Waals surface area contributed by atoms with Crippen LogP contribution < -0.4 is 5.32 Å². The van der Waals surface area contributed by atoms with Crippen LogP contribution in [0, 0.1) is 0 Å². The molecule has 1 heterocycles. The molecule has 0 aromatic heterocycles. The minimum Gasteiger partial charge on any atom is -0.508 e. The van der Waals surface area contributed by atoms with Crippen molar-refractivity contribution >= 4 is 17.2 Å². The Morgan fingerprint density at radius 1 is 1.11 bits per heavy atom. The number of hydrogen-bond donors (Lipinski definition) is 2. The maximum atomic E-state index is 13.0. The zero-order valence-electron chi connectivity index (χ0n) is 14.5. The normalized spacial score (nSPS) is 15.3. The highest BCUT2D eigenvalue weighted by atomic mass is 19.4. The molecule has 2 N–H and O–H groups in total. The fourth-order valence-corrected chi connectivity index (χ4v) is 3.02. The first-order valence-corrected chi connectivity index (χ1v) is 8.50. The average Bonchev–Trinajstić information content (AvgIpc) is 2.62. The highest BCUT2D eigenvalue weighted by Gasteiger charge is 2.33. The number of nitrogens with zero attached hydrogens (tertiary/aromatic N) is 1. The lowest BCUT2D eigenvalue weighted by molar-refractivity contribution is -0.137. The average molecular weight is 376 g/mol. The molecule has 0 atom stereocenters. The lowest BCUT2D eigenvalue weighted by Crippen LogP contribution is -2.36. The monoisotopic (exact) mass is 376 g/mol. The van der Waals surface area contributed by atoms with Crippen LogP contribution in [0.25, 0.3) is 5.57 Å². The summed E-state index contributed by atoms with van der Waals surface area (Å²) in [5.41, 5.74) is 1.05. The zero-order chi connectivity index (χ0) is 19.4. The highest BCUT2D eigenvalue weighted by molar-refractivity contribution is 5.93. The van der Waals surface area contributed by atoms with Crippen LogP contribution in [-0.4, -0.2) is 35.5 Å². The second-order valence-electron chi connectivity index (χ2n) is 6.35. The molecule has 1 amide bonds. The van der Waals surface area contributed by atoms with E-state index in [1.54, 1.807) is 12.1 Å². The maximum Gasteiger partial charge on any atom is 0.418 e. The van der Waals surface area contributed by atoms with Gasteiger partial charge in [-0.25, -0.2) is 0 Å². The molecule has 4 nitrogen and oxygen atoms in total. The topological polar surface area (TPSA) is 52.6 Å². The molecular weight excluding hydrogens is 357 g/mol. The van der Waals surface area contributed by atoms with Crippen molar-refractivity contribution in [2.45, 2.75) is 12.6 Å². The van der Waals surface area contributed by atoms with Gasteiger partial charge in [-0.15, -0.1) is 0 Å². The molecule has 1 aliphatic heterocycles. The summed E-state index contributed by atoms with van der Waals surface area (Å²) in [5, 5.41) is 11.7. The van der Waals surface area contributed by atoms with Gasteiger partial charge in [0.15, 0.2) is 0 Å². The van der Waals surface area contributed by atoms with Gasteiger partial charge < -0.3 is 10.4 Å². The maximum absolute atomic E-state index is 13.0. The Hall–Kier alpha value is -2.80. The smallest absolute Gasteiger partial charge is 0.418 e. The minimum absolute atomic E-state index is 0.0194. The van der Waals surface area contributed by atoms with Crippen LogP contribution in [0.3, 0.4) is 0 Å². The van der Waals surface area contributed by atoms with Crippen molar-refractivity contribution in [3.63, 3.8) is 0 Å². The van der Waals surface area contributed by atoms with Gasteiger partial charge in [0.05, 0.1) is 17.8 Å². The van der Waals surface area contributed by atoms with Crippen LogP contribution >= 0.6 is 0 Å². The molecule has 7 heteroatoms. The van der Waals surface area contributed by atoms with E-state index in [9.17, 15) is 23.1 Å². The van der Waals surface area contributed by atoms with Crippen molar-refractivity contribution in [1.29, 1.82) is 0 Å². The Bertz CT molecular complexity index is 845. The summed E-state index contributed by atoms with van der Waals surface area (Å²) in [5.74, 6) is -0.277. The molecule has 0 fully saturated rings. The molecule has 3 rings (SSSR count). The van der Waals surface area contributed by atoms with Gasteiger partial charge in [0, 0.05) is 13.1 Å². The molecular formula is C20H19F3N2O2. The number of halogens is 3. The van der Waals surface area contributed by atoms with Crippen LogP contribution in [0.2, 0.25) is 0 Å². The molecule has 2 aromatic rings. The van der Waals surface area contributed by atoms with E-state index < -0.39 is 17.6 Å². The molecule has 0 saturated carbocycles. The Morgan fingerprint density at radius 2 is 1.81 bits per heavy atom. The van der Waals surface area contributed by atoms with Gasteiger partial charge in [0.1, 0.15) is 5.75 Å². The van der Waals surface area contributed by atoms with Gasteiger partial charge in [0.2, 0.25) is 5.91 Å². The van der Waals surface area contributed by atoms with Crippen molar-refractivity contribution in [2.75, 3.05) is 25.0 Å². The number of carbonyl (C=O) groups is 1. The van der Waals surface area contributed by atoms with Gasteiger partial charge in [0.25, 0.3) is 0 Å². The molecule has 0 saturated heterocycles. The number of anilines is 1. The van der Waals surface area contributed by atoms with Gasteiger partial charge >= 0.3 is 6.18 Å².